The predicted octanol–water partition coefficient (Wildman–Crippen LogP) is 5.52. The summed E-state index contributed by atoms with van der Waals surface area (Å²) in [5, 5.41) is 14.5. The van der Waals surface area contributed by atoms with E-state index in [1.54, 1.807) is 0 Å². The number of aromatic nitrogens is 1. The topological polar surface area (TPSA) is 69.8 Å². The van der Waals surface area contributed by atoms with Crippen molar-refractivity contribution in [2.75, 3.05) is 37.6 Å². The van der Waals surface area contributed by atoms with Crippen LogP contribution in [0.4, 0.5) is 5.69 Å². The van der Waals surface area contributed by atoms with Crippen LogP contribution in [-0.4, -0.2) is 53.9 Å². The van der Waals surface area contributed by atoms with E-state index in [1.165, 1.54) is 0 Å². The van der Waals surface area contributed by atoms with Gasteiger partial charge >= 0.3 is 5.97 Å². The normalized spacial score (nSPS) is 16.7. The van der Waals surface area contributed by atoms with Gasteiger partial charge in [-0.1, -0.05) is 46.6 Å². The molecule has 3 aromatic rings. The molecule has 1 aliphatic heterocycles. The Morgan fingerprint density at radius 1 is 1.03 bits per heavy atom. The van der Waals surface area contributed by atoms with Crippen LogP contribution in [0.5, 0.6) is 0 Å². The van der Waals surface area contributed by atoms with Crippen molar-refractivity contribution in [2.45, 2.75) is 31.6 Å². The van der Waals surface area contributed by atoms with Gasteiger partial charge in [0.25, 0.3) is 0 Å². The maximum atomic E-state index is 10.9. The van der Waals surface area contributed by atoms with Crippen molar-refractivity contribution in [2.24, 2.45) is 0 Å². The average molecular weight is 500 g/mol. The fourth-order valence-electron chi connectivity index (χ4n) is 4.65. The number of carbonyl (C=O) groups is 1. The zero-order valence-corrected chi connectivity index (χ0v) is 20.4. The molecule has 2 aromatic carbocycles. The van der Waals surface area contributed by atoms with Crippen LogP contribution in [-0.2, 0) is 17.6 Å². The molecule has 8 heteroatoms. The Labute approximate surface area is 209 Å². The molecule has 1 N–H and O–H groups in total. The van der Waals surface area contributed by atoms with Gasteiger partial charge in [-0.25, -0.2) is 0 Å². The first-order chi connectivity index (χ1) is 16.5. The van der Waals surface area contributed by atoms with E-state index in [0.29, 0.717) is 16.0 Å². The highest BCUT2D eigenvalue weighted by atomic mass is 35.5. The van der Waals surface area contributed by atoms with Crippen LogP contribution in [0.3, 0.4) is 0 Å². The number of hydrogen-bond donors (Lipinski definition) is 1. The van der Waals surface area contributed by atoms with E-state index < -0.39 is 5.97 Å². The fraction of sp³-hybridized carbons (Fsp3) is 0.385. The molecular formula is C26H27Cl2N3O3. The quantitative estimate of drug-likeness (QED) is 0.440. The van der Waals surface area contributed by atoms with E-state index in [9.17, 15) is 4.79 Å². The van der Waals surface area contributed by atoms with Crippen LogP contribution in [0.1, 0.15) is 35.6 Å². The van der Waals surface area contributed by atoms with Crippen molar-refractivity contribution in [3.63, 3.8) is 0 Å². The lowest BCUT2D eigenvalue weighted by Gasteiger charge is -2.36. The molecule has 2 heterocycles. The Hall–Kier alpha value is -2.54. The second-order valence-corrected chi connectivity index (χ2v) is 9.87. The molecule has 5 rings (SSSR count). The van der Waals surface area contributed by atoms with E-state index in [1.807, 2.05) is 42.5 Å². The molecule has 2 aliphatic rings. The first kappa shape index (κ1) is 23.2. The van der Waals surface area contributed by atoms with Crippen LogP contribution >= 0.6 is 23.2 Å². The lowest BCUT2D eigenvalue weighted by Crippen LogP contribution is -2.47. The lowest BCUT2D eigenvalue weighted by molar-refractivity contribution is -0.136. The van der Waals surface area contributed by atoms with Gasteiger partial charge < -0.3 is 14.5 Å². The number of anilines is 1. The summed E-state index contributed by atoms with van der Waals surface area (Å²) >= 11 is 13.0. The molecule has 1 aromatic heterocycles. The molecule has 0 unspecified atom stereocenters. The van der Waals surface area contributed by atoms with Crippen LogP contribution in [0, 0.1) is 0 Å². The second kappa shape index (κ2) is 9.98. The number of rotatable bonds is 8. The smallest absolute Gasteiger partial charge is 0.307 e. The molecular weight excluding hydrogens is 473 g/mol. The Morgan fingerprint density at radius 3 is 2.32 bits per heavy atom. The lowest BCUT2D eigenvalue weighted by atomic mass is 10.0. The standard InChI is InChI=1S/C26H27Cl2N3O3/c27-21-2-1-3-22(28)24(21)25-20(26(34-29-25)18-6-7-18)10-11-30-12-14-31(15-13-30)19-8-4-17(5-9-19)16-23(32)33/h1-5,8-9,18H,6-7,10-16H2,(H,32,33). The Morgan fingerprint density at radius 2 is 1.71 bits per heavy atom. The molecule has 1 saturated carbocycles. The summed E-state index contributed by atoms with van der Waals surface area (Å²) in [6, 6.07) is 13.4. The van der Waals surface area contributed by atoms with Gasteiger partial charge in [-0.2, -0.15) is 0 Å². The third-order valence-corrected chi connectivity index (χ3v) is 7.30. The summed E-state index contributed by atoms with van der Waals surface area (Å²) in [4.78, 5) is 15.7. The van der Waals surface area contributed by atoms with Gasteiger partial charge in [-0.3, -0.25) is 9.69 Å². The SMILES string of the molecule is O=C(O)Cc1ccc(N2CCN(CCc3c(-c4c(Cl)cccc4Cl)noc3C3CC3)CC2)cc1. The second-order valence-electron chi connectivity index (χ2n) is 9.06. The number of carboxylic acid groups (broad SMARTS) is 1. The Balaban J connectivity index is 1.24. The summed E-state index contributed by atoms with van der Waals surface area (Å²) in [6.07, 6.45) is 3.18. The molecule has 2 fully saturated rings. The van der Waals surface area contributed by atoms with Crippen molar-refractivity contribution in [1.29, 1.82) is 0 Å². The fourth-order valence-corrected chi connectivity index (χ4v) is 5.23. The molecule has 0 bridgehead atoms. The molecule has 178 valence electrons. The van der Waals surface area contributed by atoms with Crippen LogP contribution in [0.25, 0.3) is 11.3 Å². The highest BCUT2D eigenvalue weighted by Gasteiger charge is 2.33. The van der Waals surface area contributed by atoms with E-state index in [0.717, 1.165) is 85.8 Å². The minimum atomic E-state index is -0.806. The number of aliphatic carboxylic acids is 1. The van der Waals surface area contributed by atoms with Gasteiger partial charge in [0, 0.05) is 55.5 Å². The largest absolute Gasteiger partial charge is 0.481 e. The minimum Gasteiger partial charge on any atom is -0.481 e. The molecule has 1 saturated heterocycles. The predicted molar refractivity (Wildman–Crippen MR) is 134 cm³/mol. The van der Waals surface area contributed by atoms with Gasteiger partial charge in [0.1, 0.15) is 11.5 Å². The Kier molecular flexibility index (Phi) is 6.82. The highest BCUT2D eigenvalue weighted by Crippen LogP contribution is 2.46. The van der Waals surface area contributed by atoms with E-state index in [4.69, 9.17) is 32.8 Å². The maximum absolute atomic E-state index is 10.9. The first-order valence-corrected chi connectivity index (χ1v) is 12.5. The number of nitrogens with zero attached hydrogens (tertiary/aromatic N) is 3. The van der Waals surface area contributed by atoms with E-state index >= 15 is 0 Å². The van der Waals surface area contributed by atoms with E-state index in [-0.39, 0.29) is 6.42 Å². The van der Waals surface area contributed by atoms with Crippen LogP contribution in [0.15, 0.2) is 47.0 Å². The van der Waals surface area contributed by atoms with Gasteiger partial charge in [0.05, 0.1) is 16.5 Å². The number of piperazine rings is 1. The average Bonchev–Trinajstić information content (AvgIpc) is 3.58. The van der Waals surface area contributed by atoms with Crippen molar-refractivity contribution in [1.82, 2.24) is 10.1 Å². The van der Waals surface area contributed by atoms with Crippen molar-refractivity contribution in [3.8, 4) is 11.3 Å². The van der Waals surface area contributed by atoms with Gasteiger partial charge in [0.2, 0.25) is 0 Å². The monoisotopic (exact) mass is 499 g/mol. The molecule has 0 radical (unpaired) electrons. The third-order valence-electron chi connectivity index (χ3n) is 6.67. The van der Waals surface area contributed by atoms with E-state index in [2.05, 4.69) is 15.0 Å². The molecule has 0 amide bonds. The van der Waals surface area contributed by atoms with Gasteiger partial charge in [-0.15, -0.1) is 0 Å². The van der Waals surface area contributed by atoms with Crippen molar-refractivity contribution >= 4 is 34.9 Å². The van der Waals surface area contributed by atoms with Gasteiger partial charge in [-0.05, 0) is 49.1 Å². The van der Waals surface area contributed by atoms with Crippen molar-refractivity contribution < 1.29 is 14.4 Å². The summed E-state index contributed by atoms with van der Waals surface area (Å²) in [6.45, 7) is 4.70. The number of benzene rings is 2. The van der Waals surface area contributed by atoms with Crippen molar-refractivity contribution in [3.05, 3.63) is 69.4 Å². The molecule has 1 aliphatic carbocycles. The first-order valence-electron chi connectivity index (χ1n) is 11.7. The summed E-state index contributed by atoms with van der Waals surface area (Å²) < 4.78 is 5.80. The summed E-state index contributed by atoms with van der Waals surface area (Å²) in [5.74, 6) is 0.642. The maximum Gasteiger partial charge on any atom is 0.307 e. The highest BCUT2D eigenvalue weighted by molar-refractivity contribution is 6.39. The van der Waals surface area contributed by atoms with Crippen LogP contribution in [0.2, 0.25) is 10.0 Å². The van der Waals surface area contributed by atoms with Crippen LogP contribution < -0.4 is 4.90 Å². The number of carboxylic acids is 1. The number of hydrogen-bond acceptors (Lipinski definition) is 5. The third kappa shape index (κ3) is 5.09. The molecule has 0 spiro atoms. The number of halogens is 2. The zero-order valence-electron chi connectivity index (χ0n) is 18.8. The summed E-state index contributed by atoms with van der Waals surface area (Å²) in [7, 11) is 0. The zero-order chi connectivity index (χ0) is 23.7. The molecule has 34 heavy (non-hydrogen) atoms. The molecule has 6 nitrogen and oxygen atoms in total. The Bertz CT molecular complexity index is 1150. The minimum absolute atomic E-state index is 0.0567. The molecule has 0 atom stereocenters. The van der Waals surface area contributed by atoms with Gasteiger partial charge in [0.15, 0.2) is 0 Å². The summed E-state index contributed by atoms with van der Waals surface area (Å²) in [5.41, 5.74) is 4.63.